The van der Waals surface area contributed by atoms with Gasteiger partial charge in [0.1, 0.15) is 6.04 Å². The molecular weight excluding hydrogens is 238 g/mol. The third kappa shape index (κ3) is 3.33. The number of carbonyl (C=O) groups excluding carboxylic acids is 1. The van der Waals surface area contributed by atoms with Crippen molar-refractivity contribution < 1.29 is 4.79 Å². The number of nitrogens with zero attached hydrogens (tertiary/aromatic N) is 1. The zero-order valence-electron chi connectivity index (χ0n) is 12.2. The first-order chi connectivity index (χ1) is 8.89. The number of nitrogens with one attached hydrogen (secondary N) is 2. The molecule has 2 N–H and O–H groups in total. The third-order valence-electron chi connectivity index (χ3n) is 3.32. The van der Waals surface area contributed by atoms with Crippen LogP contribution in [0.3, 0.4) is 0 Å². The number of amides is 1. The average Bonchev–Trinajstić information content (AvgIpc) is 2.60. The summed E-state index contributed by atoms with van der Waals surface area (Å²) in [6.07, 6.45) is 0. The second-order valence-corrected chi connectivity index (χ2v) is 6.29. The van der Waals surface area contributed by atoms with E-state index in [1.165, 1.54) is 0 Å². The zero-order chi connectivity index (χ0) is 14.0. The molecule has 104 valence electrons. The molecule has 0 saturated heterocycles. The van der Waals surface area contributed by atoms with Crippen molar-refractivity contribution in [3.05, 3.63) is 29.8 Å². The van der Waals surface area contributed by atoms with Gasteiger partial charge in [-0.25, -0.2) is 0 Å². The third-order valence-corrected chi connectivity index (χ3v) is 3.32. The molecule has 1 heterocycles. The normalized spacial score (nSPS) is 18.6. The van der Waals surface area contributed by atoms with Crippen molar-refractivity contribution in [2.24, 2.45) is 5.41 Å². The number of rotatable bonds is 5. The molecule has 0 fully saturated rings. The standard InChI is InChI=1S/C15H23N3O/c1-15(2,10-18(3)4)9-16-13-11-7-5-6-8-12(11)17-14(13)19/h5-8,13,16H,9-10H2,1-4H3,(H,17,19). The fourth-order valence-electron chi connectivity index (χ4n) is 2.70. The minimum atomic E-state index is -0.224. The maximum Gasteiger partial charge on any atom is 0.246 e. The van der Waals surface area contributed by atoms with Gasteiger partial charge in [0.25, 0.3) is 0 Å². The van der Waals surface area contributed by atoms with Gasteiger partial charge in [0, 0.05) is 24.3 Å². The van der Waals surface area contributed by atoms with Crippen LogP contribution in [-0.4, -0.2) is 38.0 Å². The topological polar surface area (TPSA) is 44.4 Å². The Kier molecular flexibility index (Phi) is 3.92. The van der Waals surface area contributed by atoms with E-state index in [-0.39, 0.29) is 17.4 Å². The largest absolute Gasteiger partial charge is 0.324 e. The molecule has 0 aliphatic carbocycles. The van der Waals surface area contributed by atoms with Crippen molar-refractivity contribution in [2.45, 2.75) is 19.9 Å². The molecule has 1 atom stereocenters. The molecule has 1 amide bonds. The lowest BCUT2D eigenvalue weighted by Crippen LogP contribution is -2.40. The quantitative estimate of drug-likeness (QED) is 0.850. The molecule has 0 spiro atoms. The average molecular weight is 261 g/mol. The van der Waals surface area contributed by atoms with Crippen LogP contribution in [0, 0.1) is 5.41 Å². The van der Waals surface area contributed by atoms with Crippen molar-refractivity contribution in [3.8, 4) is 0 Å². The van der Waals surface area contributed by atoms with E-state index in [4.69, 9.17) is 0 Å². The Morgan fingerprint density at radius 3 is 2.68 bits per heavy atom. The maximum atomic E-state index is 12.0. The molecule has 2 rings (SSSR count). The van der Waals surface area contributed by atoms with Crippen LogP contribution in [0.1, 0.15) is 25.5 Å². The summed E-state index contributed by atoms with van der Waals surface area (Å²) in [6.45, 7) is 6.20. The van der Waals surface area contributed by atoms with Gasteiger partial charge in [-0.15, -0.1) is 0 Å². The Hall–Kier alpha value is -1.39. The minimum Gasteiger partial charge on any atom is -0.324 e. The molecule has 0 bridgehead atoms. The van der Waals surface area contributed by atoms with E-state index in [0.717, 1.165) is 24.3 Å². The van der Waals surface area contributed by atoms with Crippen LogP contribution in [0.4, 0.5) is 5.69 Å². The summed E-state index contributed by atoms with van der Waals surface area (Å²) >= 11 is 0. The van der Waals surface area contributed by atoms with Gasteiger partial charge in [0.2, 0.25) is 5.91 Å². The Morgan fingerprint density at radius 2 is 2.00 bits per heavy atom. The molecule has 19 heavy (non-hydrogen) atoms. The summed E-state index contributed by atoms with van der Waals surface area (Å²) in [4.78, 5) is 14.2. The van der Waals surface area contributed by atoms with E-state index in [1.807, 2.05) is 24.3 Å². The van der Waals surface area contributed by atoms with Crippen LogP contribution in [0.25, 0.3) is 0 Å². The molecule has 0 radical (unpaired) electrons. The fourth-order valence-corrected chi connectivity index (χ4v) is 2.70. The van der Waals surface area contributed by atoms with Crippen LogP contribution < -0.4 is 10.6 Å². The summed E-state index contributed by atoms with van der Waals surface area (Å²) < 4.78 is 0. The first-order valence-electron chi connectivity index (χ1n) is 6.67. The van der Waals surface area contributed by atoms with E-state index in [2.05, 4.69) is 43.5 Å². The Balaban J connectivity index is 2.02. The highest BCUT2D eigenvalue weighted by Gasteiger charge is 2.31. The zero-order valence-corrected chi connectivity index (χ0v) is 12.2. The van der Waals surface area contributed by atoms with Gasteiger partial charge in [0.05, 0.1) is 0 Å². The monoisotopic (exact) mass is 261 g/mol. The van der Waals surface area contributed by atoms with E-state index >= 15 is 0 Å². The lowest BCUT2D eigenvalue weighted by atomic mass is 9.92. The highest BCUT2D eigenvalue weighted by molar-refractivity contribution is 6.02. The van der Waals surface area contributed by atoms with Gasteiger partial charge in [0.15, 0.2) is 0 Å². The van der Waals surface area contributed by atoms with Gasteiger partial charge in [-0.05, 0) is 25.6 Å². The van der Waals surface area contributed by atoms with Gasteiger partial charge < -0.3 is 15.5 Å². The first kappa shape index (κ1) is 14.0. The van der Waals surface area contributed by atoms with Crippen molar-refractivity contribution in [1.29, 1.82) is 0 Å². The number of benzene rings is 1. The van der Waals surface area contributed by atoms with Gasteiger partial charge in [-0.3, -0.25) is 4.79 Å². The molecule has 0 saturated carbocycles. The predicted octanol–water partition coefficient (Wildman–Crippen LogP) is 1.86. The lowest BCUT2D eigenvalue weighted by molar-refractivity contribution is -0.117. The van der Waals surface area contributed by atoms with Crippen LogP contribution >= 0.6 is 0 Å². The second-order valence-electron chi connectivity index (χ2n) is 6.29. The summed E-state index contributed by atoms with van der Waals surface area (Å²) in [5, 5.41) is 6.31. The molecule has 0 aromatic heterocycles. The van der Waals surface area contributed by atoms with Crippen LogP contribution in [0.5, 0.6) is 0 Å². The highest BCUT2D eigenvalue weighted by atomic mass is 16.2. The minimum absolute atomic E-state index is 0.0434. The Bertz CT molecular complexity index is 468. The highest BCUT2D eigenvalue weighted by Crippen LogP contribution is 2.30. The summed E-state index contributed by atoms with van der Waals surface area (Å²) in [5.41, 5.74) is 2.10. The Morgan fingerprint density at radius 1 is 1.32 bits per heavy atom. The number of para-hydroxylation sites is 1. The van der Waals surface area contributed by atoms with Gasteiger partial charge >= 0.3 is 0 Å². The molecule has 1 unspecified atom stereocenters. The van der Waals surface area contributed by atoms with E-state index in [1.54, 1.807) is 0 Å². The smallest absolute Gasteiger partial charge is 0.246 e. The number of carbonyl (C=O) groups is 1. The van der Waals surface area contributed by atoms with Crippen LogP contribution in [-0.2, 0) is 4.79 Å². The van der Waals surface area contributed by atoms with Crippen LogP contribution in [0.2, 0.25) is 0 Å². The van der Waals surface area contributed by atoms with Gasteiger partial charge in [-0.1, -0.05) is 32.0 Å². The van der Waals surface area contributed by atoms with Gasteiger partial charge in [-0.2, -0.15) is 0 Å². The van der Waals surface area contributed by atoms with Crippen molar-refractivity contribution in [2.75, 3.05) is 32.5 Å². The molecule has 4 heteroatoms. The fraction of sp³-hybridized carbons (Fsp3) is 0.533. The van der Waals surface area contributed by atoms with Crippen molar-refractivity contribution in [1.82, 2.24) is 10.2 Å². The second kappa shape index (κ2) is 5.31. The molecular formula is C15H23N3O. The summed E-state index contributed by atoms with van der Waals surface area (Å²) in [5.74, 6) is 0.0434. The molecule has 4 nitrogen and oxygen atoms in total. The van der Waals surface area contributed by atoms with E-state index in [0.29, 0.717) is 0 Å². The summed E-state index contributed by atoms with van der Waals surface area (Å²) in [7, 11) is 4.14. The number of anilines is 1. The van der Waals surface area contributed by atoms with Crippen molar-refractivity contribution in [3.63, 3.8) is 0 Å². The van der Waals surface area contributed by atoms with Crippen LogP contribution in [0.15, 0.2) is 24.3 Å². The molecule has 1 aromatic rings. The first-order valence-corrected chi connectivity index (χ1v) is 6.67. The number of hydrogen-bond acceptors (Lipinski definition) is 3. The van der Waals surface area contributed by atoms with E-state index < -0.39 is 0 Å². The maximum absolute atomic E-state index is 12.0. The predicted molar refractivity (Wildman–Crippen MR) is 78.2 cm³/mol. The lowest BCUT2D eigenvalue weighted by Gasteiger charge is -2.29. The van der Waals surface area contributed by atoms with Crippen molar-refractivity contribution >= 4 is 11.6 Å². The Labute approximate surface area is 115 Å². The SMILES string of the molecule is CN(C)CC(C)(C)CNC1C(=O)Nc2ccccc21. The number of fused-ring (bicyclic) bond motifs is 1. The molecule has 1 aliphatic rings. The summed E-state index contributed by atoms with van der Waals surface area (Å²) in [6, 6.07) is 7.64. The number of hydrogen-bond donors (Lipinski definition) is 2. The molecule has 1 aromatic carbocycles. The van der Waals surface area contributed by atoms with E-state index in [9.17, 15) is 4.79 Å². The molecule has 1 aliphatic heterocycles.